The summed E-state index contributed by atoms with van der Waals surface area (Å²) in [5.74, 6) is -3.91. The molecule has 10 fully saturated rings. The fraction of sp³-hybridized carbons (Fsp3) is 0.938. The third-order valence-electron chi connectivity index (χ3n) is 25.2. The molecule has 20 N–H and O–H groups in total. The Kier molecular flexibility index (Phi) is 22.7. The molecule has 568 valence electrons. The molecule has 34 nitrogen and oxygen atoms in total. The summed E-state index contributed by atoms with van der Waals surface area (Å²) in [6.45, 7) is 8.92. The minimum atomic E-state index is -2.14. The Labute approximate surface area is 570 Å². The molecule has 6 saturated heterocycles. The van der Waals surface area contributed by atoms with Crippen LogP contribution in [0.5, 0.6) is 0 Å². The SMILES string of the molecule is C[C@@H]1O[C@@H](O[C@H]2[C@H](OC(=O)[C@]34CCC(C)(C)C[C@H]3C3=CC[C@@H]5[C@@]6(C)C[C@H](O)[C@H](O[C@@H]7O[C@H](CO)[C@@H](O)[C@H](O)[C@H]7O)[C@@](C)(C(=O)O)[C@@H]6CC[C@@]5(C)[C@]3(CO)CC4)O[C@H](C)[C@H](O)[C@@H]2O[C@@H]2O[C@H](CO)[C@@H](O)[C@H](O)[C@H]2O)[C@H](O)[C@H](O)[C@H]1O[C@@H]1OC[C@@H](O[C@@H]2O[C@H](CO)[C@H](O)[C@H](O)[C@H]2O)[C@H](O)[C@H]1O. The molecule has 0 unspecified atom stereocenters. The molecule has 0 aromatic rings. The smallest absolute Gasteiger partial charge is 0.315 e. The Morgan fingerprint density at radius 3 is 1.55 bits per heavy atom. The Morgan fingerprint density at radius 2 is 0.990 bits per heavy atom. The number of carboxylic acid groups (broad SMARTS) is 1. The maximum Gasteiger partial charge on any atom is 0.315 e. The quantitative estimate of drug-likeness (QED) is 0.0366. The summed E-state index contributed by atoms with van der Waals surface area (Å²) in [7, 11) is 0. The molecule has 0 radical (unpaired) electrons. The predicted octanol–water partition coefficient (Wildman–Crippen LogP) is -6.68. The number of hydrogen-bond acceptors (Lipinski definition) is 33. The van der Waals surface area contributed by atoms with Crippen molar-refractivity contribution >= 4 is 11.9 Å². The van der Waals surface area contributed by atoms with Gasteiger partial charge >= 0.3 is 11.9 Å². The zero-order chi connectivity index (χ0) is 72.5. The molecule has 11 aliphatic rings. The average molecular weight is 1430 g/mol. The molecule has 0 aromatic carbocycles. The van der Waals surface area contributed by atoms with Crippen LogP contribution in [0.1, 0.15) is 106 Å². The fourth-order valence-electron chi connectivity index (χ4n) is 19.3. The number of esters is 1. The second-order valence-electron chi connectivity index (χ2n) is 31.2. The number of allylic oxidation sites excluding steroid dienone is 1. The Balaban J connectivity index is 0.862. The highest BCUT2D eigenvalue weighted by Crippen LogP contribution is 2.76. The molecule has 99 heavy (non-hydrogen) atoms. The van der Waals surface area contributed by atoms with Gasteiger partial charge < -0.3 is 159 Å². The lowest BCUT2D eigenvalue weighted by Crippen LogP contribution is -2.71. The largest absolute Gasteiger partial charge is 0.481 e. The van der Waals surface area contributed by atoms with Crippen LogP contribution >= 0.6 is 0 Å². The van der Waals surface area contributed by atoms with Crippen molar-refractivity contribution in [1.29, 1.82) is 0 Å². The van der Waals surface area contributed by atoms with Crippen LogP contribution in [0.4, 0.5) is 0 Å². The van der Waals surface area contributed by atoms with Gasteiger partial charge in [-0.3, -0.25) is 9.59 Å². The van der Waals surface area contributed by atoms with Crippen molar-refractivity contribution in [3.05, 3.63) is 11.6 Å². The first-order chi connectivity index (χ1) is 46.4. The highest BCUT2D eigenvalue weighted by atomic mass is 16.8. The number of aliphatic hydroxyl groups is 19. The lowest BCUT2D eigenvalue weighted by atomic mass is 9.33. The molecule has 4 saturated carbocycles. The fourth-order valence-corrected chi connectivity index (χ4v) is 19.3. The van der Waals surface area contributed by atoms with E-state index in [9.17, 15) is 107 Å². The highest BCUT2D eigenvalue weighted by Gasteiger charge is 2.74. The lowest BCUT2D eigenvalue weighted by Gasteiger charge is -2.71. The Morgan fingerprint density at radius 1 is 0.495 bits per heavy atom. The van der Waals surface area contributed by atoms with Gasteiger partial charge in [0.2, 0.25) is 6.29 Å². The molecular weight excluding hydrogens is 1320 g/mol. The first-order valence-electron chi connectivity index (χ1n) is 34.4. The molecule has 39 atom stereocenters. The molecule has 6 aliphatic heterocycles. The maximum absolute atomic E-state index is 16.0. The molecule has 0 amide bonds. The van der Waals surface area contributed by atoms with E-state index in [4.69, 9.17) is 56.8 Å². The minimum absolute atomic E-state index is 0.0169. The van der Waals surface area contributed by atoms with Crippen LogP contribution in [0.2, 0.25) is 0 Å². The van der Waals surface area contributed by atoms with Gasteiger partial charge in [-0.25, -0.2) is 0 Å². The van der Waals surface area contributed by atoms with Gasteiger partial charge in [0.05, 0.1) is 62.2 Å². The van der Waals surface area contributed by atoms with E-state index in [2.05, 4.69) is 20.8 Å². The van der Waals surface area contributed by atoms with Crippen molar-refractivity contribution in [3.63, 3.8) is 0 Å². The third-order valence-corrected chi connectivity index (χ3v) is 25.2. The summed E-state index contributed by atoms with van der Waals surface area (Å²) < 4.78 is 71.9. The monoisotopic (exact) mass is 1430 g/mol. The van der Waals surface area contributed by atoms with Crippen molar-refractivity contribution < 1.29 is 169 Å². The van der Waals surface area contributed by atoms with Crippen LogP contribution in [0.25, 0.3) is 0 Å². The molecule has 0 bridgehead atoms. The van der Waals surface area contributed by atoms with E-state index < -0.39 is 286 Å². The van der Waals surface area contributed by atoms with Crippen LogP contribution in [0.15, 0.2) is 11.6 Å². The van der Waals surface area contributed by atoms with Gasteiger partial charge in [-0.15, -0.1) is 0 Å². The van der Waals surface area contributed by atoms with Crippen molar-refractivity contribution in [2.45, 2.75) is 297 Å². The minimum Gasteiger partial charge on any atom is -0.481 e. The first-order valence-corrected chi connectivity index (χ1v) is 34.4. The van der Waals surface area contributed by atoms with E-state index in [1.54, 1.807) is 0 Å². The molecule has 0 spiro atoms. The number of ether oxygens (including phenoxy) is 12. The highest BCUT2D eigenvalue weighted by molar-refractivity contribution is 5.79. The standard InChI is InChI=1S/C65H104O34/c1-23-34(71)49(96-55-45(82)40(77)36(73)29(19-67)92-55)50(97-53-47(84)42(79)48(24(2)90-53)95-52-43(80)38(75)31(21-88-52)94-54-44(81)39(76)35(72)28(18-66)91-54)57(89-23)99-59(87)64-13-12-60(3,4)16-26(64)25-8-9-32-61(5)17-27(70)51(98-56-46(83)41(78)37(74)30(20-68)93-56)63(7,58(85)86)33(61)10-11-62(32,6)65(25,22-69)15-14-64/h8,23-24,26-57,66-84H,9-22H2,1-7H3,(H,85,86)/t23-,24+,26+,27+,28-,29-,30-,31-,32-,33-,34+,35+,36-,37-,38+,39+,40+,41+,42+,43-,44-,45-,46-,47-,48+,49+,50-,51+,52+,53+,54+,55+,56+,57+,61-,62-,63+,64+,65+/m1/s1. The second-order valence-corrected chi connectivity index (χ2v) is 31.2. The van der Waals surface area contributed by atoms with E-state index in [0.717, 1.165) is 5.57 Å². The number of hydrogen-bond donors (Lipinski definition) is 20. The summed E-state index contributed by atoms with van der Waals surface area (Å²) in [6.07, 6.45) is -50.2. The molecule has 11 rings (SSSR count). The number of rotatable bonds is 17. The van der Waals surface area contributed by atoms with E-state index in [0.29, 0.717) is 25.7 Å². The van der Waals surface area contributed by atoms with E-state index in [1.807, 2.05) is 13.0 Å². The zero-order valence-corrected chi connectivity index (χ0v) is 56.3. The van der Waals surface area contributed by atoms with Crippen LogP contribution < -0.4 is 0 Å². The lowest BCUT2D eigenvalue weighted by molar-refractivity contribution is -0.393. The molecular formula is C65H104O34. The van der Waals surface area contributed by atoms with Gasteiger partial charge in [-0.05, 0) is 113 Å². The number of fused-ring (bicyclic) bond motifs is 7. The Hall–Kier alpha value is -2.52. The number of aliphatic carboxylic acids is 1. The summed E-state index contributed by atoms with van der Waals surface area (Å²) in [5, 5.41) is 220. The zero-order valence-electron chi connectivity index (χ0n) is 56.3. The van der Waals surface area contributed by atoms with Gasteiger partial charge in [-0.2, -0.15) is 0 Å². The first kappa shape index (κ1) is 77.6. The van der Waals surface area contributed by atoms with E-state index in [1.165, 1.54) is 20.8 Å². The normalized spacial score (nSPS) is 54.5. The van der Waals surface area contributed by atoms with E-state index in [-0.39, 0.29) is 32.1 Å². The molecule has 5 aliphatic carbocycles. The van der Waals surface area contributed by atoms with Crippen LogP contribution in [-0.2, 0) is 66.4 Å². The van der Waals surface area contributed by atoms with Crippen LogP contribution in [-0.4, -0.2) is 337 Å². The number of carbonyl (C=O) groups excluding carboxylic acids is 1. The molecule has 0 aromatic heterocycles. The van der Waals surface area contributed by atoms with Crippen molar-refractivity contribution in [3.8, 4) is 0 Å². The van der Waals surface area contributed by atoms with Crippen molar-refractivity contribution in [1.82, 2.24) is 0 Å². The van der Waals surface area contributed by atoms with Gasteiger partial charge in [0.15, 0.2) is 37.6 Å². The number of carboxylic acids is 1. The average Bonchev–Trinajstić information content (AvgIpc) is 0.669. The predicted molar refractivity (Wildman–Crippen MR) is 324 cm³/mol. The summed E-state index contributed by atoms with van der Waals surface area (Å²) in [4.78, 5) is 29.9. The van der Waals surface area contributed by atoms with Crippen LogP contribution in [0.3, 0.4) is 0 Å². The number of aliphatic hydroxyl groups excluding tert-OH is 19. The molecule has 34 heteroatoms. The summed E-state index contributed by atoms with van der Waals surface area (Å²) >= 11 is 0. The topological polar surface area (TPSA) is 550 Å². The summed E-state index contributed by atoms with van der Waals surface area (Å²) in [5.41, 5.74) is -5.76. The summed E-state index contributed by atoms with van der Waals surface area (Å²) in [6, 6.07) is 0. The van der Waals surface area contributed by atoms with Gasteiger partial charge in [0.25, 0.3) is 0 Å². The van der Waals surface area contributed by atoms with Crippen LogP contribution in [0, 0.1) is 50.2 Å². The van der Waals surface area contributed by atoms with E-state index >= 15 is 4.79 Å². The van der Waals surface area contributed by atoms with Crippen molar-refractivity contribution in [2.75, 3.05) is 33.0 Å². The molecule has 6 heterocycles. The second kappa shape index (κ2) is 29.0. The van der Waals surface area contributed by atoms with Gasteiger partial charge in [-0.1, -0.05) is 39.3 Å². The van der Waals surface area contributed by atoms with Gasteiger partial charge in [0.1, 0.15) is 128 Å². The third kappa shape index (κ3) is 13.0. The van der Waals surface area contributed by atoms with Gasteiger partial charge in [0, 0.05) is 5.41 Å². The Bertz CT molecular complexity index is 2840. The number of carbonyl (C=O) groups is 2. The van der Waals surface area contributed by atoms with Crippen molar-refractivity contribution in [2.24, 2.45) is 50.2 Å². The maximum atomic E-state index is 16.0.